The molecule has 1 aromatic carbocycles. The van der Waals surface area contributed by atoms with Crippen molar-refractivity contribution in [3.63, 3.8) is 0 Å². The molecule has 1 aromatic rings. The Morgan fingerprint density at radius 1 is 1.20 bits per heavy atom. The summed E-state index contributed by atoms with van der Waals surface area (Å²) >= 11 is 0. The summed E-state index contributed by atoms with van der Waals surface area (Å²) in [6.45, 7) is 9.77. The maximum Gasteiger partial charge on any atom is 0.306 e. The summed E-state index contributed by atoms with van der Waals surface area (Å²) in [6, 6.07) is 8.23. The van der Waals surface area contributed by atoms with Crippen molar-refractivity contribution in [3.8, 4) is 5.75 Å². The average Bonchev–Trinajstić information content (AvgIpc) is 2.62. The number of para-hydroxylation sites is 2. The van der Waals surface area contributed by atoms with E-state index in [1.54, 1.807) is 7.11 Å². The van der Waals surface area contributed by atoms with Gasteiger partial charge in [-0.1, -0.05) is 19.1 Å². The Labute approximate surface area is 151 Å². The highest BCUT2D eigenvalue weighted by atomic mass is 16.5. The molecule has 1 saturated heterocycles. The lowest BCUT2D eigenvalue weighted by atomic mass is 10.0. The zero-order chi connectivity index (χ0) is 18.1. The van der Waals surface area contributed by atoms with Crippen LogP contribution in [0, 0.1) is 5.92 Å². The minimum Gasteiger partial charge on any atom is -0.495 e. The summed E-state index contributed by atoms with van der Waals surface area (Å²) in [5.41, 5.74) is 1.19. The van der Waals surface area contributed by atoms with Crippen LogP contribution in [0.1, 0.15) is 33.1 Å². The van der Waals surface area contributed by atoms with E-state index in [4.69, 9.17) is 9.47 Å². The van der Waals surface area contributed by atoms with Crippen molar-refractivity contribution in [1.82, 2.24) is 4.90 Å². The van der Waals surface area contributed by atoms with Crippen molar-refractivity contribution < 1.29 is 14.3 Å². The SMILES string of the molecule is CCOC(=O)CC(C)CCCN1CCN(c2ccccc2OC)CC1. The fourth-order valence-electron chi connectivity index (χ4n) is 3.37. The number of nitrogens with zero attached hydrogens (tertiary/aromatic N) is 2. The summed E-state index contributed by atoms with van der Waals surface area (Å²) in [5, 5.41) is 0. The summed E-state index contributed by atoms with van der Waals surface area (Å²) in [4.78, 5) is 16.4. The smallest absolute Gasteiger partial charge is 0.306 e. The first kappa shape index (κ1) is 19.6. The highest BCUT2D eigenvalue weighted by molar-refractivity contribution is 5.69. The van der Waals surface area contributed by atoms with Crippen LogP contribution >= 0.6 is 0 Å². The first-order valence-electron chi connectivity index (χ1n) is 9.40. The molecule has 5 heteroatoms. The Hall–Kier alpha value is -1.75. The van der Waals surface area contributed by atoms with Gasteiger partial charge in [0, 0.05) is 32.6 Å². The van der Waals surface area contributed by atoms with Crippen LogP contribution in [0.2, 0.25) is 0 Å². The van der Waals surface area contributed by atoms with Crippen molar-refractivity contribution in [1.29, 1.82) is 0 Å². The zero-order valence-electron chi connectivity index (χ0n) is 15.9. The van der Waals surface area contributed by atoms with Crippen molar-refractivity contribution in [2.45, 2.75) is 33.1 Å². The lowest BCUT2D eigenvalue weighted by Crippen LogP contribution is -2.46. The number of esters is 1. The fraction of sp³-hybridized carbons (Fsp3) is 0.650. The van der Waals surface area contributed by atoms with E-state index in [2.05, 4.69) is 28.9 Å². The van der Waals surface area contributed by atoms with Gasteiger partial charge in [-0.2, -0.15) is 0 Å². The van der Waals surface area contributed by atoms with Crippen molar-refractivity contribution >= 4 is 11.7 Å². The molecule has 0 N–H and O–H groups in total. The van der Waals surface area contributed by atoms with Gasteiger partial charge in [0.1, 0.15) is 5.75 Å². The number of methoxy groups -OCH3 is 1. The van der Waals surface area contributed by atoms with Crippen LogP contribution in [0.4, 0.5) is 5.69 Å². The Bertz CT molecular complexity index is 527. The van der Waals surface area contributed by atoms with Crippen molar-refractivity contribution in [2.24, 2.45) is 5.92 Å². The van der Waals surface area contributed by atoms with Gasteiger partial charge in [0.15, 0.2) is 0 Å². The molecule has 0 amide bonds. The third-order valence-corrected chi connectivity index (χ3v) is 4.79. The highest BCUT2D eigenvalue weighted by Crippen LogP contribution is 2.28. The van der Waals surface area contributed by atoms with E-state index in [9.17, 15) is 4.79 Å². The molecule has 5 nitrogen and oxygen atoms in total. The van der Waals surface area contributed by atoms with Crippen LogP contribution < -0.4 is 9.64 Å². The molecular formula is C20H32N2O3. The van der Waals surface area contributed by atoms with Gasteiger partial charge in [0.05, 0.1) is 19.4 Å². The van der Waals surface area contributed by atoms with Gasteiger partial charge < -0.3 is 14.4 Å². The first-order valence-corrected chi connectivity index (χ1v) is 9.40. The third-order valence-electron chi connectivity index (χ3n) is 4.79. The Morgan fingerprint density at radius 2 is 1.92 bits per heavy atom. The molecule has 1 aliphatic rings. The fourth-order valence-corrected chi connectivity index (χ4v) is 3.37. The van der Waals surface area contributed by atoms with E-state index in [1.165, 1.54) is 5.69 Å². The van der Waals surface area contributed by atoms with Gasteiger partial charge in [-0.3, -0.25) is 9.69 Å². The molecule has 1 fully saturated rings. The van der Waals surface area contributed by atoms with Gasteiger partial charge in [-0.05, 0) is 44.4 Å². The molecular weight excluding hydrogens is 316 g/mol. The Balaban J connectivity index is 1.68. The second-order valence-corrected chi connectivity index (χ2v) is 6.76. The molecule has 140 valence electrons. The lowest BCUT2D eigenvalue weighted by Gasteiger charge is -2.36. The predicted molar refractivity (Wildman–Crippen MR) is 101 cm³/mol. The van der Waals surface area contributed by atoms with Gasteiger partial charge in [-0.25, -0.2) is 0 Å². The average molecular weight is 348 g/mol. The molecule has 0 radical (unpaired) electrons. The van der Waals surface area contributed by atoms with Gasteiger partial charge in [0.2, 0.25) is 0 Å². The molecule has 25 heavy (non-hydrogen) atoms. The molecule has 0 bridgehead atoms. The van der Waals surface area contributed by atoms with Gasteiger partial charge >= 0.3 is 5.97 Å². The zero-order valence-corrected chi connectivity index (χ0v) is 15.9. The van der Waals surface area contributed by atoms with Crippen LogP contribution in [0.15, 0.2) is 24.3 Å². The summed E-state index contributed by atoms with van der Waals surface area (Å²) in [6.07, 6.45) is 2.75. The quantitative estimate of drug-likeness (QED) is 0.641. The molecule has 1 atom stereocenters. The number of hydrogen-bond acceptors (Lipinski definition) is 5. The topological polar surface area (TPSA) is 42.0 Å². The predicted octanol–water partition coefficient (Wildman–Crippen LogP) is 3.19. The molecule has 0 spiro atoms. The Morgan fingerprint density at radius 3 is 2.60 bits per heavy atom. The molecule has 0 saturated carbocycles. The van der Waals surface area contributed by atoms with E-state index in [1.807, 2.05) is 19.1 Å². The molecule has 2 rings (SSSR count). The maximum absolute atomic E-state index is 11.5. The van der Waals surface area contributed by atoms with Crippen molar-refractivity contribution in [2.75, 3.05) is 51.3 Å². The van der Waals surface area contributed by atoms with Crippen LogP contribution in [0.3, 0.4) is 0 Å². The minimum atomic E-state index is -0.0691. The largest absolute Gasteiger partial charge is 0.495 e. The van der Waals surface area contributed by atoms with Crippen LogP contribution in [0.25, 0.3) is 0 Å². The number of benzene rings is 1. The molecule has 1 heterocycles. The van der Waals surface area contributed by atoms with E-state index >= 15 is 0 Å². The van der Waals surface area contributed by atoms with E-state index in [0.717, 1.165) is 51.3 Å². The van der Waals surface area contributed by atoms with Gasteiger partial charge in [-0.15, -0.1) is 0 Å². The minimum absolute atomic E-state index is 0.0691. The number of rotatable bonds is 9. The number of hydrogen-bond donors (Lipinski definition) is 0. The number of piperazine rings is 1. The number of anilines is 1. The van der Waals surface area contributed by atoms with E-state index < -0.39 is 0 Å². The van der Waals surface area contributed by atoms with Gasteiger partial charge in [0.25, 0.3) is 0 Å². The first-order chi connectivity index (χ1) is 12.1. The molecule has 1 unspecified atom stereocenters. The van der Waals surface area contributed by atoms with Crippen LogP contribution in [0.5, 0.6) is 5.75 Å². The van der Waals surface area contributed by atoms with Crippen molar-refractivity contribution in [3.05, 3.63) is 24.3 Å². The second-order valence-electron chi connectivity index (χ2n) is 6.76. The summed E-state index contributed by atoms with van der Waals surface area (Å²) in [7, 11) is 1.73. The lowest BCUT2D eigenvalue weighted by molar-refractivity contribution is -0.144. The highest BCUT2D eigenvalue weighted by Gasteiger charge is 2.19. The number of carbonyl (C=O) groups excluding carboxylic acids is 1. The summed E-state index contributed by atoms with van der Waals surface area (Å²) in [5.74, 6) is 1.28. The monoisotopic (exact) mass is 348 g/mol. The third kappa shape index (κ3) is 6.24. The van der Waals surface area contributed by atoms with Crippen LogP contribution in [-0.4, -0.2) is 57.3 Å². The Kier molecular flexibility index (Phi) is 8.06. The normalized spacial score (nSPS) is 16.5. The van der Waals surface area contributed by atoms with E-state index in [0.29, 0.717) is 18.9 Å². The number of ether oxygens (including phenoxy) is 2. The van der Waals surface area contributed by atoms with E-state index in [-0.39, 0.29) is 5.97 Å². The molecule has 0 aliphatic carbocycles. The molecule has 0 aromatic heterocycles. The maximum atomic E-state index is 11.5. The van der Waals surface area contributed by atoms with Crippen LogP contribution in [-0.2, 0) is 9.53 Å². The second kappa shape index (κ2) is 10.3. The summed E-state index contributed by atoms with van der Waals surface area (Å²) < 4.78 is 10.5. The number of carbonyl (C=O) groups is 1. The standard InChI is InChI=1S/C20H32N2O3/c1-4-25-20(23)16-17(2)8-7-11-21-12-14-22(15-13-21)18-9-5-6-10-19(18)24-3/h5-6,9-10,17H,4,7-8,11-16H2,1-3H3. The molecule has 1 aliphatic heterocycles.